The standard InChI is InChI=1S/C30H28N4O4S2/c1-19-18-39-30(31-19)34-27(35)20(2)40-24-14-9-13-23(17-24)32-29(37)25(16-22-12-7-8-15-26(22)38-3)33-28(36)21-10-5-4-6-11-21/h4-18,20H,1-3H3,(H,32,37)(H,33,36)(H,31,34,35)/b25-16+. The van der Waals surface area contributed by atoms with E-state index >= 15 is 0 Å². The zero-order valence-corrected chi connectivity index (χ0v) is 23.8. The number of thioether (sulfide) groups is 1. The van der Waals surface area contributed by atoms with Gasteiger partial charge in [0.15, 0.2) is 5.13 Å². The molecule has 4 aromatic rings. The van der Waals surface area contributed by atoms with Crippen molar-refractivity contribution >= 4 is 57.7 Å². The molecule has 0 aliphatic rings. The van der Waals surface area contributed by atoms with Crippen molar-refractivity contribution < 1.29 is 19.1 Å². The van der Waals surface area contributed by atoms with Crippen LogP contribution in [0.15, 0.2) is 94.8 Å². The van der Waals surface area contributed by atoms with E-state index in [9.17, 15) is 14.4 Å². The van der Waals surface area contributed by atoms with Gasteiger partial charge in [-0.1, -0.05) is 42.5 Å². The summed E-state index contributed by atoms with van der Waals surface area (Å²) < 4.78 is 5.42. The molecule has 1 aromatic heterocycles. The summed E-state index contributed by atoms with van der Waals surface area (Å²) in [6.45, 7) is 3.67. The molecular weight excluding hydrogens is 544 g/mol. The number of nitrogens with zero attached hydrogens (tertiary/aromatic N) is 1. The maximum atomic E-state index is 13.4. The van der Waals surface area contributed by atoms with Crippen LogP contribution in [-0.2, 0) is 9.59 Å². The van der Waals surface area contributed by atoms with Crippen LogP contribution in [0.3, 0.4) is 0 Å². The maximum absolute atomic E-state index is 13.4. The number of hydrogen-bond donors (Lipinski definition) is 3. The van der Waals surface area contributed by atoms with E-state index in [0.29, 0.717) is 27.7 Å². The monoisotopic (exact) mass is 572 g/mol. The molecule has 1 atom stereocenters. The van der Waals surface area contributed by atoms with Crippen LogP contribution in [0, 0.1) is 6.92 Å². The number of hydrogen-bond acceptors (Lipinski definition) is 7. The molecule has 0 aliphatic carbocycles. The first-order chi connectivity index (χ1) is 19.3. The summed E-state index contributed by atoms with van der Waals surface area (Å²) in [5, 5.41) is 10.4. The Morgan fingerprint density at radius 2 is 1.73 bits per heavy atom. The van der Waals surface area contributed by atoms with Crippen LogP contribution >= 0.6 is 23.1 Å². The number of amides is 3. The molecule has 3 N–H and O–H groups in total. The van der Waals surface area contributed by atoms with E-state index in [2.05, 4.69) is 20.9 Å². The van der Waals surface area contributed by atoms with Crippen molar-refractivity contribution in [1.29, 1.82) is 0 Å². The lowest BCUT2D eigenvalue weighted by Gasteiger charge is -2.14. The van der Waals surface area contributed by atoms with Crippen LogP contribution in [0.25, 0.3) is 6.08 Å². The van der Waals surface area contributed by atoms with Gasteiger partial charge in [0.25, 0.3) is 11.8 Å². The van der Waals surface area contributed by atoms with Gasteiger partial charge in [-0.3, -0.25) is 14.4 Å². The van der Waals surface area contributed by atoms with E-state index in [0.717, 1.165) is 10.6 Å². The first-order valence-electron chi connectivity index (χ1n) is 12.3. The molecule has 0 saturated carbocycles. The third-order valence-corrected chi connectivity index (χ3v) is 7.56. The second kappa shape index (κ2) is 13.6. The lowest BCUT2D eigenvalue weighted by Crippen LogP contribution is -2.30. The molecular formula is C30H28N4O4S2. The number of rotatable bonds is 10. The molecule has 4 rings (SSSR count). The molecule has 8 nitrogen and oxygen atoms in total. The lowest BCUT2D eigenvalue weighted by molar-refractivity contribution is -0.115. The van der Waals surface area contributed by atoms with E-state index in [1.165, 1.54) is 30.2 Å². The zero-order chi connectivity index (χ0) is 28.5. The molecule has 1 unspecified atom stereocenters. The Balaban J connectivity index is 1.51. The number of benzene rings is 3. The van der Waals surface area contributed by atoms with Crippen LogP contribution in [0.1, 0.15) is 28.5 Å². The molecule has 0 radical (unpaired) electrons. The first kappa shape index (κ1) is 28.6. The van der Waals surface area contributed by atoms with Crippen molar-refractivity contribution in [2.75, 3.05) is 17.7 Å². The molecule has 0 saturated heterocycles. The van der Waals surface area contributed by atoms with E-state index in [1.807, 2.05) is 36.6 Å². The van der Waals surface area contributed by atoms with Gasteiger partial charge in [0.2, 0.25) is 5.91 Å². The molecule has 204 valence electrons. The predicted molar refractivity (Wildman–Crippen MR) is 161 cm³/mol. The van der Waals surface area contributed by atoms with E-state index in [1.54, 1.807) is 67.6 Å². The fraction of sp³-hybridized carbons (Fsp3) is 0.133. The van der Waals surface area contributed by atoms with Crippen molar-refractivity contribution in [1.82, 2.24) is 10.3 Å². The minimum atomic E-state index is -0.512. The third kappa shape index (κ3) is 7.81. The van der Waals surface area contributed by atoms with Crippen LogP contribution < -0.4 is 20.7 Å². The van der Waals surface area contributed by atoms with Gasteiger partial charge in [0.1, 0.15) is 11.4 Å². The van der Waals surface area contributed by atoms with Crippen LogP contribution in [0.5, 0.6) is 5.75 Å². The Kier molecular flexibility index (Phi) is 9.71. The number of ether oxygens (including phenoxy) is 1. The molecule has 3 aromatic carbocycles. The summed E-state index contributed by atoms with van der Waals surface area (Å²) in [6.07, 6.45) is 1.57. The summed E-state index contributed by atoms with van der Waals surface area (Å²) in [4.78, 5) is 44.0. The largest absolute Gasteiger partial charge is 0.496 e. The molecule has 40 heavy (non-hydrogen) atoms. The average molecular weight is 573 g/mol. The Labute approximate surface area is 240 Å². The molecule has 10 heteroatoms. The van der Waals surface area contributed by atoms with Crippen molar-refractivity contribution in [3.05, 3.63) is 107 Å². The predicted octanol–water partition coefficient (Wildman–Crippen LogP) is 5.99. The highest BCUT2D eigenvalue weighted by Crippen LogP contribution is 2.27. The fourth-order valence-corrected chi connectivity index (χ4v) is 5.22. The number of para-hydroxylation sites is 1. The molecule has 0 bridgehead atoms. The van der Waals surface area contributed by atoms with Gasteiger partial charge in [-0.25, -0.2) is 4.98 Å². The molecule has 0 spiro atoms. The van der Waals surface area contributed by atoms with Gasteiger partial charge in [-0.15, -0.1) is 23.1 Å². The van der Waals surface area contributed by atoms with Crippen molar-refractivity contribution in [3.63, 3.8) is 0 Å². The van der Waals surface area contributed by atoms with Crippen molar-refractivity contribution in [3.8, 4) is 5.75 Å². The highest BCUT2D eigenvalue weighted by molar-refractivity contribution is 8.00. The quantitative estimate of drug-likeness (QED) is 0.159. The first-order valence-corrected chi connectivity index (χ1v) is 14.1. The smallest absolute Gasteiger partial charge is 0.272 e. The Bertz CT molecular complexity index is 1540. The number of carbonyl (C=O) groups is 3. The molecule has 1 heterocycles. The van der Waals surface area contributed by atoms with Gasteiger partial charge in [-0.2, -0.15) is 0 Å². The molecule has 0 fully saturated rings. The Morgan fingerprint density at radius 3 is 2.45 bits per heavy atom. The van der Waals surface area contributed by atoms with E-state index in [4.69, 9.17) is 4.74 Å². The number of aryl methyl sites for hydroxylation is 1. The third-order valence-electron chi connectivity index (χ3n) is 5.59. The number of thiazole rings is 1. The van der Waals surface area contributed by atoms with E-state index < -0.39 is 17.1 Å². The Morgan fingerprint density at radius 1 is 0.975 bits per heavy atom. The van der Waals surface area contributed by atoms with Gasteiger partial charge in [0.05, 0.1) is 18.1 Å². The van der Waals surface area contributed by atoms with Gasteiger partial charge >= 0.3 is 0 Å². The number of anilines is 2. The normalized spacial score (nSPS) is 11.8. The van der Waals surface area contributed by atoms with Crippen molar-refractivity contribution in [2.45, 2.75) is 24.0 Å². The second-order valence-electron chi connectivity index (χ2n) is 8.65. The van der Waals surface area contributed by atoms with Crippen LogP contribution in [0.4, 0.5) is 10.8 Å². The van der Waals surface area contributed by atoms with Crippen molar-refractivity contribution in [2.24, 2.45) is 0 Å². The summed E-state index contributed by atoms with van der Waals surface area (Å²) in [5.74, 6) is -0.543. The Hall–Kier alpha value is -4.41. The summed E-state index contributed by atoms with van der Waals surface area (Å²) in [7, 11) is 1.54. The summed E-state index contributed by atoms with van der Waals surface area (Å²) >= 11 is 2.73. The van der Waals surface area contributed by atoms with Gasteiger partial charge in [-0.05, 0) is 56.3 Å². The highest BCUT2D eigenvalue weighted by Gasteiger charge is 2.18. The second-order valence-corrected chi connectivity index (χ2v) is 10.9. The summed E-state index contributed by atoms with van der Waals surface area (Å²) in [5.41, 5.74) is 2.45. The van der Waals surface area contributed by atoms with Crippen LogP contribution in [0.2, 0.25) is 0 Å². The van der Waals surface area contributed by atoms with Crippen LogP contribution in [-0.4, -0.2) is 35.1 Å². The van der Waals surface area contributed by atoms with E-state index in [-0.39, 0.29) is 11.6 Å². The number of nitrogens with one attached hydrogen (secondary N) is 3. The fourth-order valence-electron chi connectivity index (χ4n) is 3.61. The summed E-state index contributed by atoms with van der Waals surface area (Å²) in [6, 6.07) is 23.0. The topological polar surface area (TPSA) is 109 Å². The maximum Gasteiger partial charge on any atom is 0.272 e. The number of carbonyl (C=O) groups excluding carboxylic acids is 3. The van der Waals surface area contributed by atoms with Gasteiger partial charge < -0.3 is 20.7 Å². The van der Waals surface area contributed by atoms with Gasteiger partial charge in [0, 0.05) is 27.1 Å². The number of aromatic nitrogens is 1. The highest BCUT2D eigenvalue weighted by atomic mass is 32.2. The zero-order valence-electron chi connectivity index (χ0n) is 22.1. The SMILES string of the molecule is COc1ccccc1/C=C(/NC(=O)c1ccccc1)C(=O)Nc1cccc(SC(C)C(=O)Nc2nc(C)cs2)c1. The number of methoxy groups -OCH3 is 1. The average Bonchev–Trinajstić information content (AvgIpc) is 3.37. The molecule has 3 amide bonds. The minimum absolute atomic E-state index is 0.0443. The lowest BCUT2D eigenvalue weighted by atomic mass is 10.1. The minimum Gasteiger partial charge on any atom is -0.496 e. The molecule has 0 aliphatic heterocycles.